The molecule has 4 aliphatic rings. The number of piperidine rings is 1. The third kappa shape index (κ3) is 4.37. The average Bonchev–Trinajstić information content (AvgIpc) is 3.69. The lowest BCUT2D eigenvalue weighted by molar-refractivity contribution is -0.132. The monoisotopic (exact) mass is 552 g/mol. The number of nitrogens with zero attached hydrogens (tertiary/aromatic N) is 6. The van der Waals surface area contributed by atoms with Crippen LogP contribution in [-0.4, -0.2) is 76.3 Å². The van der Waals surface area contributed by atoms with Crippen molar-refractivity contribution in [3.8, 4) is 11.3 Å². The summed E-state index contributed by atoms with van der Waals surface area (Å²) in [7, 11) is 5.88. The molecule has 1 fully saturated rings. The van der Waals surface area contributed by atoms with Crippen molar-refractivity contribution in [1.82, 2.24) is 29.7 Å². The SMILES string of the molecule is CN(C)Cc1nc(Nc2ccc(-c3cnc4n3C3C=COC3N=C4)c3c2C(=O)NC3)ccc1[C@@H]1CCN(C)C(=O)C1. The number of anilines is 2. The molecule has 0 spiro atoms. The number of amides is 2. The van der Waals surface area contributed by atoms with Crippen molar-refractivity contribution in [2.24, 2.45) is 4.99 Å². The van der Waals surface area contributed by atoms with Crippen molar-refractivity contribution in [1.29, 1.82) is 0 Å². The molecule has 0 radical (unpaired) electrons. The number of hydrogen-bond acceptors (Lipinski definition) is 8. The van der Waals surface area contributed by atoms with Gasteiger partial charge in [0.15, 0.2) is 5.82 Å². The highest BCUT2D eigenvalue weighted by atomic mass is 16.5. The molecular weight excluding hydrogens is 520 g/mol. The molecule has 11 nitrogen and oxygen atoms in total. The quantitative estimate of drug-likeness (QED) is 0.483. The maximum absolute atomic E-state index is 13.1. The summed E-state index contributed by atoms with van der Waals surface area (Å²) < 4.78 is 7.75. The lowest BCUT2D eigenvalue weighted by Gasteiger charge is -2.30. The predicted octanol–water partition coefficient (Wildman–Crippen LogP) is 3.17. The van der Waals surface area contributed by atoms with E-state index in [9.17, 15) is 9.59 Å². The second kappa shape index (κ2) is 9.84. The molecule has 2 N–H and O–H groups in total. The summed E-state index contributed by atoms with van der Waals surface area (Å²) in [6.07, 6.45) is 8.34. The molecule has 3 aromatic rings. The van der Waals surface area contributed by atoms with Crippen molar-refractivity contribution in [3.63, 3.8) is 0 Å². The van der Waals surface area contributed by atoms with Gasteiger partial charge in [0, 0.05) is 38.7 Å². The second-order valence-corrected chi connectivity index (χ2v) is 11.3. The Labute approximate surface area is 237 Å². The zero-order valence-electron chi connectivity index (χ0n) is 23.3. The normalized spacial score (nSPS) is 22.4. The summed E-state index contributed by atoms with van der Waals surface area (Å²) in [4.78, 5) is 43.4. The lowest BCUT2D eigenvalue weighted by Crippen LogP contribution is -2.35. The first-order chi connectivity index (χ1) is 19.9. The predicted molar refractivity (Wildman–Crippen MR) is 154 cm³/mol. The van der Waals surface area contributed by atoms with E-state index in [2.05, 4.69) is 36.1 Å². The van der Waals surface area contributed by atoms with Crippen LogP contribution in [0.15, 0.2) is 47.8 Å². The van der Waals surface area contributed by atoms with Crippen LogP contribution in [0.4, 0.5) is 11.5 Å². The maximum Gasteiger partial charge on any atom is 0.254 e. The number of aliphatic imine (C=N–C) groups is 1. The fourth-order valence-electron chi connectivity index (χ4n) is 6.26. The summed E-state index contributed by atoms with van der Waals surface area (Å²) in [5.41, 5.74) is 6.14. The minimum atomic E-state index is -0.303. The van der Waals surface area contributed by atoms with Crippen LogP contribution in [0.25, 0.3) is 11.3 Å². The first-order valence-electron chi connectivity index (χ1n) is 13.9. The molecule has 1 saturated heterocycles. The van der Waals surface area contributed by atoms with Crippen LogP contribution in [0.1, 0.15) is 57.8 Å². The second-order valence-electron chi connectivity index (χ2n) is 11.3. The van der Waals surface area contributed by atoms with Crippen LogP contribution >= 0.6 is 0 Å². The van der Waals surface area contributed by atoms with E-state index in [0.29, 0.717) is 36.6 Å². The number of carbonyl (C=O) groups excluding carboxylic acids is 2. The molecule has 6 heterocycles. The summed E-state index contributed by atoms with van der Waals surface area (Å²) in [6.45, 7) is 1.83. The highest BCUT2D eigenvalue weighted by Crippen LogP contribution is 2.39. The largest absolute Gasteiger partial charge is 0.474 e. The smallest absolute Gasteiger partial charge is 0.254 e. The summed E-state index contributed by atoms with van der Waals surface area (Å²) in [5.74, 6) is 1.61. The van der Waals surface area contributed by atoms with Crippen molar-refractivity contribution in [2.45, 2.75) is 44.1 Å². The van der Waals surface area contributed by atoms with Crippen molar-refractivity contribution < 1.29 is 14.3 Å². The van der Waals surface area contributed by atoms with Crippen LogP contribution in [0.5, 0.6) is 0 Å². The molecule has 4 aliphatic heterocycles. The van der Waals surface area contributed by atoms with E-state index in [4.69, 9.17) is 9.72 Å². The van der Waals surface area contributed by atoms with Gasteiger partial charge in [-0.2, -0.15) is 0 Å². The highest BCUT2D eigenvalue weighted by molar-refractivity contribution is 6.06. The highest BCUT2D eigenvalue weighted by Gasteiger charge is 2.34. The third-order valence-corrected chi connectivity index (χ3v) is 8.33. The molecular formula is C30H32N8O3. The standard InChI is InChI=1S/C30H32N8O3/c1-36(2)16-22-18(17-8-10-37(3)27(39)12-17)5-7-25(35-22)34-21-6-4-19(20-13-32-29(40)28(20)21)24-14-31-26-15-33-30-23(38(24)26)9-11-41-30/h4-7,9,11,14-15,17,23,30H,8,10,12-13,16H2,1-3H3,(H,32,40)(H,34,35)/t17-,23?,30?/m1/s1. The Hall–Kier alpha value is -4.51. The number of ether oxygens (including phenoxy) is 1. The fourth-order valence-corrected chi connectivity index (χ4v) is 6.26. The molecule has 2 aromatic heterocycles. The molecule has 41 heavy (non-hydrogen) atoms. The number of carbonyl (C=O) groups is 2. The van der Waals surface area contributed by atoms with Gasteiger partial charge in [-0.1, -0.05) is 12.1 Å². The average molecular weight is 553 g/mol. The van der Waals surface area contributed by atoms with Crippen LogP contribution in [-0.2, 0) is 22.6 Å². The summed E-state index contributed by atoms with van der Waals surface area (Å²) in [6, 6.07) is 7.92. The molecule has 0 bridgehead atoms. The minimum absolute atomic E-state index is 0.0799. The van der Waals surface area contributed by atoms with Gasteiger partial charge in [0.05, 0.1) is 41.3 Å². The minimum Gasteiger partial charge on any atom is -0.474 e. The number of benzene rings is 1. The van der Waals surface area contributed by atoms with E-state index >= 15 is 0 Å². The molecule has 0 aliphatic carbocycles. The number of likely N-dealkylation sites (tertiary alicyclic amines) is 1. The number of aromatic nitrogens is 3. The van der Waals surface area contributed by atoms with Gasteiger partial charge >= 0.3 is 0 Å². The van der Waals surface area contributed by atoms with Gasteiger partial charge in [0.25, 0.3) is 5.91 Å². The Kier molecular flexibility index (Phi) is 6.11. The van der Waals surface area contributed by atoms with E-state index in [1.165, 1.54) is 0 Å². The van der Waals surface area contributed by atoms with Gasteiger partial charge in [-0.3, -0.25) is 9.59 Å². The number of fused-ring (bicyclic) bond motifs is 4. The van der Waals surface area contributed by atoms with Gasteiger partial charge in [0.1, 0.15) is 11.9 Å². The van der Waals surface area contributed by atoms with Gasteiger partial charge in [-0.05, 0) is 55.8 Å². The number of pyridine rings is 1. The van der Waals surface area contributed by atoms with Gasteiger partial charge in [-0.25, -0.2) is 15.0 Å². The van der Waals surface area contributed by atoms with Crippen LogP contribution < -0.4 is 10.6 Å². The van der Waals surface area contributed by atoms with Gasteiger partial charge < -0.3 is 29.7 Å². The molecule has 0 saturated carbocycles. The van der Waals surface area contributed by atoms with Crippen LogP contribution in [0.3, 0.4) is 0 Å². The van der Waals surface area contributed by atoms with Gasteiger partial charge in [0.2, 0.25) is 12.1 Å². The van der Waals surface area contributed by atoms with Gasteiger partial charge in [-0.15, -0.1) is 0 Å². The summed E-state index contributed by atoms with van der Waals surface area (Å²) >= 11 is 0. The number of imidazole rings is 1. The first-order valence-corrected chi connectivity index (χ1v) is 13.9. The topological polar surface area (TPSA) is 117 Å². The molecule has 210 valence electrons. The molecule has 3 atom stereocenters. The van der Waals surface area contributed by atoms with Crippen molar-refractivity contribution in [3.05, 3.63) is 71.0 Å². The Morgan fingerprint density at radius 1 is 1.20 bits per heavy atom. The van der Waals surface area contributed by atoms with Crippen LogP contribution in [0.2, 0.25) is 0 Å². The number of nitrogens with one attached hydrogen (secondary N) is 2. The van der Waals surface area contributed by atoms with E-state index in [1.54, 1.807) is 17.4 Å². The zero-order valence-corrected chi connectivity index (χ0v) is 23.3. The molecule has 1 aromatic carbocycles. The first kappa shape index (κ1) is 25.5. The fraction of sp³-hybridized carbons (Fsp3) is 0.367. The third-order valence-electron chi connectivity index (χ3n) is 8.33. The van der Waals surface area contributed by atoms with E-state index in [-0.39, 0.29) is 30.0 Å². The molecule has 2 amide bonds. The van der Waals surface area contributed by atoms with Crippen LogP contribution in [0, 0.1) is 0 Å². The molecule has 11 heteroatoms. The van der Waals surface area contributed by atoms with Crippen molar-refractivity contribution >= 4 is 29.5 Å². The Morgan fingerprint density at radius 3 is 2.90 bits per heavy atom. The molecule has 2 unspecified atom stereocenters. The Bertz CT molecular complexity index is 1620. The lowest BCUT2D eigenvalue weighted by atomic mass is 9.88. The molecule has 7 rings (SSSR count). The zero-order chi connectivity index (χ0) is 28.2. The Balaban J connectivity index is 1.23. The summed E-state index contributed by atoms with van der Waals surface area (Å²) in [5, 5.41) is 6.43. The number of rotatable bonds is 6. The maximum atomic E-state index is 13.1. The van der Waals surface area contributed by atoms with E-state index in [0.717, 1.165) is 46.9 Å². The number of hydrogen-bond donors (Lipinski definition) is 2. The van der Waals surface area contributed by atoms with E-state index in [1.807, 2.05) is 51.6 Å². The van der Waals surface area contributed by atoms with E-state index < -0.39 is 0 Å². The van der Waals surface area contributed by atoms with Crippen molar-refractivity contribution in [2.75, 3.05) is 33.0 Å². The Morgan fingerprint density at radius 2 is 2.07 bits per heavy atom.